The predicted molar refractivity (Wildman–Crippen MR) is 73.9 cm³/mol. The van der Waals surface area contributed by atoms with E-state index in [2.05, 4.69) is 5.32 Å². The summed E-state index contributed by atoms with van der Waals surface area (Å²) in [4.78, 5) is 12.0. The summed E-state index contributed by atoms with van der Waals surface area (Å²) in [5.41, 5.74) is 4.73. The molecule has 0 bridgehead atoms. The van der Waals surface area contributed by atoms with Gasteiger partial charge in [0.1, 0.15) is 0 Å². The van der Waals surface area contributed by atoms with Crippen LogP contribution in [0.4, 0.5) is 0 Å². The molecule has 0 heterocycles. The number of hydrogen-bond acceptors (Lipinski definition) is 3. The molecule has 0 aliphatic rings. The second-order valence-corrected chi connectivity index (χ2v) is 5.31. The van der Waals surface area contributed by atoms with Crippen molar-refractivity contribution < 1.29 is 9.53 Å². The van der Waals surface area contributed by atoms with E-state index in [-0.39, 0.29) is 17.0 Å². The van der Waals surface area contributed by atoms with Crippen LogP contribution in [-0.2, 0) is 9.53 Å². The molecular formula is C12H24N2O2S. The zero-order valence-corrected chi connectivity index (χ0v) is 12.0. The predicted octanol–water partition coefficient (Wildman–Crippen LogP) is 1.62. The molecule has 3 N–H and O–H groups in total. The first-order chi connectivity index (χ1) is 7.78. The lowest BCUT2D eigenvalue weighted by molar-refractivity contribution is -0.126. The molecule has 0 fully saturated rings. The van der Waals surface area contributed by atoms with Crippen molar-refractivity contribution in [3.05, 3.63) is 0 Å². The molecule has 5 heteroatoms. The maximum absolute atomic E-state index is 11.7. The van der Waals surface area contributed by atoms with Gasteiger partial charge in [-0.1, -0.05) is 12.2 Å². The summed E-state index contributed by atoms with van der Waals surface area (Å²) in [6.07, 6.45) is 2.09. The van der Waals surface area contributed by atoms with E-state index >= 15 is 0 Å². The number of ether oxygens (including phenoxy) is 1. The molecule has 0 aliphatic carbocycles. The molecule has 17 heavy (non-hydrogen) atoms. The average molecular weight is 260 g/mol. The number of rotatable bonds is 8. The fourth-order valence-electron chi connectivity index (χ4n) is 1.08. The van der Waals surface area contributed by atoms with E-state index in [9.17, 15) is 4.79 Å². The van der Waals surface area contributed by atoms with Crippen molar-refractivity contribution in [2.24, 2.45) is 11.1 Å². The van der Waals surface area contributed by atoms with Crippen molar-refractivity contribution in [2.45, 2.75) is 46.6 Å². The van der Waals surface area contributed by atoms with Crippen LogP contribution in [0.1, 0.15) is 40.5 Å². The quantitative estimate of drug-likeness (QED) is 0.514. The lowest BCUT2D eigenvalue weighted by Gasteiger charge is -2.21. The van der Waals surface area contributed by atoms with Crippen LogP contribution >= 0.6 is 12.2 Å². The fraction of sp³-hybridized carbons (Fsp3) is 0.833. The van der Waals surface area contributed by atoms with Crippen LogP contribution in [0.3, 0.4) is 0 Å². The van der Waals surface area contributed by atoms with Gasteiger partial charge in [0, 0.05) is 13.2 Å². The third-order valence-corrected chi connectivity index (χ3v) is 3.00. The van der Waals surface area contributed by atoms with Crippen LogP contribution < -0.4 is 11.1 Å². The molecule has 0 rings (SSSR count). The Morgan fingerprint density at radius 1 is 1.41 bits per heavy atom. The maximum atomic E-state index is 11.7. The highest BCUT2D eigenvalue weighted by Crippen LogP contribution is 2.15. The monoisotopic (exact) mass is 260 g/mol. The molecule has 0 aromatic rings. The first-order valence-electron chi connectivity index (χ1n) is 5.98. The molecule has 0 unspecified atom stereocenters. The number of amides is 1. The molecule has 1 amide bonds. The molecule has 0 atom stereocenters. The highest BCUT2D eigenvalue weighted by Gasteiger charge is 2.30. The largest absolute Gasteiger partial charge is 0.392 e. The van der Waals surface area contributed by atoms with Crippen molar-refractivity contribution >= 4 is 23.1 Å². The number of nitrogens with two attached hydrogens (primary N) is 1. The third-order valence-electron chi connectivity index (χ3n) is 2.49. The van der Waals surface area contributed by atoms with Crippen LogP contribution in [-0.4, -0.2) is 30.2 Å². The van der Waals surface area contributed by atoms with Crippen molar-refractivity contribution in [1.29, 1.82) is 0 Å². The minimum absolute atomic E-state index is 0.116. The van der Waals surface area contributed by atoms with Crippen LogP contribution in [0.25, 0.3) is 0 Å². The first kappa shape index (κ1) is 16.3. The second-order valence-electron chi connectivity index (χ2n) is 4.87. The van der Waals surface area contributed by atoms with Crippen LogP contribution in [0.5, 0.6) is 0 Å². The number of unbranched alkanes of at least 4 members (excludes halogenated alkanes) is 1. The summed E-state index contributed by atoms with van der Waals surface area (Å²) in [6, 6.07) is 0. The van der Waals surface area contributed by atoms with Crippen LogP contribution in [0.2, 0.25) is 0 Å². The van der Waals surface area contributed by atoms with Gasteiger partial charge < -0.3 is 15.8 Å². The third kappa shape index (κ3) is 6.58. The van der Waals surface area contributed by atoms with Crippen LogP contribution in [0, 0.1) is 5.41 Å². The van der Waals surface area contributed by atoms with E-state index in [4.69, 9.17) is 22.7 Å². The molecule has 0 radical (unpaired) electrons. The molecule has 0 aromatic heterocycles. The summed E-state index contributed by atoms with van der Waals surface area (Å²) in [6.45, 7) is 8.83. The Hall–Kier alpha value is -0.680. The lowest BCUT2D eigenvalue weighted by Crippen LogP contribution is -2.45. The first-order valence-corrected chi connectivity index (χ1v) is 6.39. The summed E-state index contributed by atoms with van der Waals surface area (Å²) in [5, 5.41) is 2.83. The van der Waals surface area contributed by atoms with E-state index in [1.54, 1.807) is 13.8 Å². The minimum atomic E-state index is -0.774. The van der Waals surface area contributed by atoms with Crippen molar-refractivity contribution in [3.8, 4) is 0 Å². The fourth-order valence-corrected chi connectivity index (χ4v) is 1.17. The Morgan fingerprint density at radius 2 is 2.00 bits per heavy atom. The Labute approximate surface area is 109 Å². The van der Waals surface area contributed by atoms with Gasteiger partial charge in [0.25, 0.3) is 0 Å². The molecule has 0 aromatic carbocycles. The molecular weight excluding hydrogens is 236 g/mol. The number of hydrogen-bond donors (Lipinski definition) is 2. The highest BCUT2D eigenvalue weighted by atomic mass is 32.1. The van der Waals surface area contributed by atoms with Crippen molar-refractivity contribution in [3.63, 3.8) is 0 Å². The maximum Gasteiger partial charge on any atom is 0.232 e. The Balaban J connectivity index is 3.69. The number of carbonyl (C=O) groups excluding carboxylic acids is 1. The van der Waals surface area contributed by atoms with Gasteiger partial charge in [0.15, 0.2) is 0 Å². The molecule has 0 saturated heterocycles. The topological polar surface area (TPSA) is 64.3 Å². The summed E-state index contributed by atoms with van der Waals surface area (Å²) in [5.74, 6) is -0.116. The number of nitrogens with one attached hydrogen (secondary N) is 1. The van der Waals surface area contributed by atoms with Gasteiger partial charge >= 0.3 is 0 Å². The zero-order chi connectivity index (χ0) is 13.5. The van der Waals surface area contributed by atoms with E-state index in [1.807, 2.05) is 13.8 Å². The normalized spacial score (nSPS) is 11.6. The standard InChI is InChI=1S/C12H24N2O2S/c1-9(2)16-8-6-5-7-14-11(15)12(3,4)10(13)17/h9H,5-8H2,1-4H3,(H2,13,17)(H,14,15). The minimum Gasteiger partial charge on any atom is -0.392 e. The van der Waals surface area contributed by atoms with Gasteiger partial charge in [0.2, 0.25) is 5.91 Å². The average Bonchev–Trinajstić information content (AvgIpc) is 2.21. The van der Waals surface area contributed by atoms with E-state index in [1.165, 1.54) is 0 Å². The van der Waals surface area contributed by atoms with Crippen molar-refractivity contribution in [2.75, 3.05) is 13.2 Å². The van der Waals surface area contributed by atoms with Crippen molar-refractivity contribution in [1.82, 2.24) is 5.32 Å². The summed E-state index contributed by atoms with van der Waals surface area (Å²) < 4.78 is 5.40. The molecule has 4 nitrogen and oxygen atoms in total. The van der Waals surface area contributed by atoms with Gasteiger partial charge in [-0.2, -0.15) is 0 Å². The van der Waals surface area contributed by atoms with E-state index in [0.717, 1.165) is 19.4 Å². The van der Waals surface area contributed by atoms with E-state index < -0.39 is 5.41 Å². The van der Waals surface area contributed by atoms with Gasteiger partial charge in [-0.05, 0) is 40.5 Å². The Kier molecular flexibility index (Phi) is 7.30. The van der Waals surface area contributed by atoms with E-state index in [0.29, 0.717) is 6.54 Å². The van der Waals surface area contributed by atoms with Gasteiger partial charge in [-0.15, -0.1) is 0 Å². The molecule has 0 spiro atoms. The van der Waals surface area contributed by atoms with Crippen LogP contribution in [0.15, 0.2) is 0 Å². The smallest absolute Gasteiger partial charge is 0.232 e. The number of carbonyl (C=O) groups is 1. The lowest BCUT2D eigenvalue weighted by atomic mass is 9.92. The second kappa shape index (κ2) is 7.61. The van der Waals surface area contributed by atoms with Gasteiger partial charge in [-0.3, -0.25) is 4.79 Å². The summed E-state index contributed by atoms with van der Waals surface area (Å²) in [7, 11) is 0. The van der Waals surface area contributed by atoms with Gasteiger partial charge in [-0.25, -0.2) is 0 Å². The molecule has 100 valence electrons. The molecule has 0 saturated carbocycles. The summed E-state index contributed by atoms with van der Waals surface area (Å²) >= 11 is 4.85. The Bertz CT molecular complexity index is 265. The SMILES string of the molecule is CC(C)OCCCCNC(=O)C(C)(C)C(N)=S. The Morgan fingerprint density at radius 3 is 2.47 bits per heavy atom. The zero-order valence-electron chi connectivity index (χ0n) is 11.2. The van der Waals surface area contributed by atoms with Gasteiger partial charge in [0.05, 0.1) is 16.5 Å². The number of thiocarbonyl (C=S) groups is 1. The highest BCUT2D eigenvalue weighted by molar-refractivity contribution is 7.80. The molecule has 0 aliphatic heterocycles.